The molecular formula is C11H23NO2. The van der Waals surface area contributed by atoms with Crippen molar-refractivity contribution < 1.29 is 9.53 Å². The fourth-order valence-electron chi connectivity index (χ4n) is 1.14. The maximum absolute atomic E-state index is 11.1. The molecule has 0 aliphatic carbocycles. The normalized spacial score (nSPS) is 12.5. The molecule has 0 rings (SSSR count). The average Bonchev–Trinajstić information content (AvgIpc) is 2.13. The van der Waals surface area contributed by atoms with Gasteiger partial charge in [-0.1, -0.05) is 20.3 Å². The molecule has 1 N–H and O–H groups in total. The zero-order chi connectivity index (χ0) is 10.8. The van der Waals surface area contributed by atoms with E-state index in [0.717, 1.165) is 19.5 Å². The van der Waals surface area contributed by atoms with Gasteiger partial charge in [-0.2, -0.15) is 0 Å². The van der Waals surface area contributed by atoms with E-state index in [2.05, 4.69) is 12.2 Å². The topological polar surface area (TPSA) is 38.3 Å². The van der Waals surface area contributed by atoms with E-state index in [1.165, 1.54) is 12.8 Å². The Bertz CT molecular complexity index is 148. The number of carbonyl (C=O) groups is 1. The zero-order valence-corrected chi connectivity index (χ0v) is 9.64. The molecule has 0 radical (unpaired) electrons. The van der Waals surface area contributed by atoms with Gasteiger partial charge in [0.1, 0.15) is 6.10 Å². The van der Waals surface area contributed by atoms with Gasteiger partial charge in [0, 0.05) is 13.0 Å². The van der Waals surface area contributed by atoms with Crippen LogP contribution in [0.5, 0.6) is 0 Å². The molecule has 0 spiro atoms. The second-order valence-electron chi connectivity index (χ2n) is 3.61. The summed E-state index contributed by atoms with van der Waals surface area (Å²) in [7, 11) is 0. The Balaban J connectivity index is 3.35. The minimum atomic E-state index is -0.0858. The first-order valence-corrected chi connectivity index (χ1v) is 5.60. The van der Waals surface area contributed by atoms with Crippen molar-refractivity contribution in [1.29, 1.82) is 0 Å². The maximum atomic E-state index is 11.1. The highest BCUT2D eigenvalue weighted by Gasteiger charge is 2.07. The van der Waals surface area contributed by atoms with Crippen molar-refractivity contribution >= 4 is 5.97 Å². The van der Waals surface area contributed by atoms with E-state index in [1.54, 1.807) is 0 Å². The van der Waals surface area contributed by atoms with Crippen LogP contribution in [0.25, 0.3) is 0 Å². The number of hydrogen-bond donors (Lipinski definition) is 1. The Labute approximate surface area is 87.2 Å². The maximum Gasteiger partial charge on any atom is 0.306 e. The number of hydrogen-bond acceptors (Lipinski definition) is 3. The first kappa shape index (κ1) is 13.4. The summed E-state index contributed by atoms with van der Waals surface area (Å²) in [5, 5.41) is 3.26. The van der Waals surface area contributed by atoms with E-state index in [9.17, 15) is 4.79 Å². The van der Waals surface area contributed by atoms with Gasteiger partial charge in [-0.3, -0.25) is 4.79 Å². The Morgan fingerprint density at radius 3 is 2.64 bits per heavy atom. The molecule has 0 saturated heterocycles. The van der Waals surface area contributed by atoms with Gasteiger partial charge >= 0.3 is 5.97 Å². The molecule has 0 aromatic carbocycles. The van der Waals surface area contributed by atoms with Crippen LogP contribution in [-0.4, -0.2) is 25.2 Å². The van der Waals surface area contributed by atoms with E-state index < -0.39 is 0 Å². The summed E-state index contributed by atoms with van der Waals surface area (Å²) in [6.45, 7) is 7.83. The molecule has 0 fully saturated rings. The highest BCUT2D eigenvalue weighted by Crippen LogP contribution is 1.96. The van der Waals surface area contributed by atoms with Gasteiger partial charge in [-0.05, 0) is 26.3 Å². The molecule has 3 heteroatoms. The predicted molar refractivity (Wildman–Crippen MR) is 58.2 cm³/mol. The molecular weight excluding hydrogens is 178 g/mol. The third kappa shape index (κ3) is 8.05. The zero-order valence-electron chi connectivity index (χ0n) is 9.64. The minimum absolute atomic E-state index is 0.00842. The van der Waals surface area contributed by atoms with Gasteiger partial charge in [0.25, 0.3) is 0 Å². The third-order valence-corrected chi connectivity index (χ3v) is 1.93. The van der Waals surface area contributed by atoms with E-state index in [4.69, 9.17) is 4.74 Å². The van der Waals surface area contributed by atoms with E-state index in [-0.39, 0.29) is 12.1 Å². The summed E-state index contributed by atoms with van der Waals surface area (Å²) >= 11 is 0. The highest BCUT2D eigenvalue weighted by atomic mass is 16.5. The molecule has 0 heterocycles. The van der Waals surface area contributed by atoms with Crippen LogP contribution in [0.1, 0.15) is 46.5 Å². The largest absolute Gasteiger partial charge is 0.461 e. The van der Waals surface area contributed by atoms with Crippen molar-refractivity contribution in [2.45, 2.75) is 52.6 Å². The van der Waals surface area contributed by atoms with E-state index in [0.29, 0.717) is 6.42 Å². The lowest BCUT2D eigenvalue weighted by atomic mass is 10.3. The van der Waals surface area contributed by atoms with Gasteiger partial charge < -0.3 is 10.1 Å². The van der Waals surface area contributed by atoms with Crippen LogP contribution in [-0.2, 0) is 9.53 Å². The standard InChI is InChI=1S/C11H23NO2/c1-4-6-8-12-9-10(3)14-11(13)7-5-2/h10,12H,4-9H2,1-3H3. The summed E-state index contributed by atoms with van der Waals surface area (Å²) in [5.41, 5.74) is 0. The van der Waals surface area contributed by atoms with Crippen LogP contribution in [0.3, 0.4) is 0 Å². The number of ether oxygens (including phenoxy) is 1. The quantitative estimate of drug-likeness (QED) is 0.483. The summed E-state index contributed by atoms with van der Waals surface area (Å²) in [4.78, 5) is 11.1. The molecule has 0 aliphatic rings. The van der Waals surface area contributed by atoms with Crippen molar-refractivity contribution in [3.05, 3.63) is 0 Å². The summed E-state index contributed by atoms with van der Waals surface area (Å²) in [6.07, 6.45) is 3.74. The fourth-order valence-corrected chi connectivity index (χ4v) is 1.14. The molecule has 0 amide bonds. The SMILES string of the molecule is CCCCNCC(C)OC(=O)CCC. The lowest BCUT2D eigenvalue weighted by Gasteiger charge is -2.13. The van der Waals surface area contributed by atoms with Crippen molar-refractivity contribution in [2.24, 2.45) is 0 Å². The molecule has 3 nitrogen and oxygen atoms in total. The summed E-state index contributed by atoms with van der Waals surface area (Å²) in [5.74, 6) is -0.0858. The first-order chi connectivity index (χ1) is 6.70. The lowest BCUT2D eigenvalue weighted by molar-refractivity contribution is -0.148. The van der Waals surface area contributed by atoms with Crippen molar-refractivity contribution in [3.8, 4) is 0 Å². The number of carbonyl (C=O) groups excluding carboxylic acids is 1. The monoisotopic (exact) mass is 201 g/mol. The van der Waals surface area contributed by atoms with Gasteiger partial charge in [-0.15, -0.1) is 0 Å². The smallest absolute Gasteiger partial charge is 0.306 e. The molecule has 14 heavy (non-hydrogen) atoms. The average molecular weight is 201 g/mol. The molecule has 1 atom stereocenters. The minimum Gasteiger partial charge on any atom is -0.461 e. The van der Waals surface area contributed by atoms with Gasteiger partial charge in [-0.25, -0.2) is 0 Å². The highest BCUT2D eigenvalue weighted by molar-refractivity contribution is 5.69. The van der Waals surface area contributed by atoms with E-state index in [1.807, 2.05) is 13.8 Å². The van der Waals surface area contributed by atoms with Crippen LogP contribution in [0.4, 0.5) is 0 Å². The Morgan fingerprint density at radius 1 is 1.36 bits per heavy atom. The van der Waals surface area contributed by atoms with E-state index >= 15 is 0 Å². The summed E-state index contributed by atoms with van der Waals surface area (Å²) < 4.78 is 5.17. The lowest BCUT2D eigenvalue weighted by Crippen LogP contribution is -2.29. The Kier molecular flexibility index (Phi) is 8.64. The summed E-state index contributed by atoms with van der Waals surface area (Å²) in [6, 6.07) is 0. The van der Waals surface area contributed by atoms with Gasteiger partial charge in [0.15, 0.2) is 0 Å². The van der Waals surface area contributed by atoms with Crippen LogP contribution < -0.4 is 5.32 Å². The number of unbranched alkanes of at least 4 members (excludes halogenated alkanes) is 1. The second-order valence-corrected chi connectivity index (χ2v) is 3.61. The molecule has 0 bridgehead atoms. The van der Waals surface area contributed by atoms with Gasteiger partial charge in [0.2, 0.25) is 0 Å². The first-order valence-electron chi connectivity index (χ1n) is 5.60. The molecule has 0 aromatic rings. The fraction of sp³-hybridized carbons (Fsp3) is 0.909. The van der Waals surface area contributed by atoms with Crippen molar-refractivity contribution in [3.63, 3.8) is 0 Å². The molecule has 1 unspecified atom stereocenters. The number of rotatable bonds is 8. The Morgan fingerprint density at radius 2 is 2.07 bits per heavy atom. The van der Waals surface area contributed by atoms with Gasteiger partial charge in [0.05, 0.1) is 0 Å². The van der Waals surface area contributed by atoms with Crippen LogP contribution in [0.2, 0.25) is 0 Å². The van der Waals surface area contributed by atoms with Crippen LogP contribution >= 0.6 is 0 Å². The van der Waals surface area contributed by atoms with Crippen LogP contribution in [0.15, 0.2) is 0 Å². The van der Waals surface area contributed by atoms with Crippen molar-refractivity contribution in [2.75, 3.05) is 13.1 Å². The molecule has 0 saturated carbocycles. The second kappa shape index (κ2) is 9.00. The molecule has 0 aliphatic heterocycles. The Hall–Kier alpha value is -0.570. The van der Waals surface area contributed by atoms with Crippen molar-refractivity contribution in [1.82, 2.24) is 5.32 Å². The van der Waals surface area contributed by atoms with Crippen LogP contribution in [0, 0.1) is 0 Å². The predicted octanol–water partition coefficient (Wildman–Crippen LogP) is 2.11. The molecule has 84 valence electrons. The molecule has 0 aromatic heterocycles. The third-order valence-electron chi connectivity index (χ3n) is 1.93. The number of nitrogens with one attached hydrogen (secondary N) is 1. The number of esters is 1.